The molecule has 0 unspecified atom stereocenters. The van der Waals surface area contributed by atoms with Gasteiger partial charge in [0.2, 0.25) is 5.78 Å². The summed E-state index contributed by atoms with van der Waals surface area (Å²) >= 11 is 5.73. The second kappa shape index (κ2) is 4.33. The Bertz CT molecular complexity index is 500. The predicted octanol–water partition coefficient (Wildman–Crippen LogP) is 2.34. The number of hydrogen-bond donors (Lipinski definition) is 1. The van der Waals surface area contributed by atoms with Crippen LogP contribution in [0, 0.1) is 0 Å². The lowest BCUT2D eigenvalue weighted by molar-refractivity contribution is -0.114. The summed E-state index contributed by atoms with van der Waals surface area (Å²) in [6, 6.07) is 6.88. The lowest BCUT2D eigenvalue weighted by Crippen LogP contribution is -2.14. The lowest BCUT2D eigenvalue weighted by atomic mass is 10.1. The van der Waals surface area contributed by atoms with Crippen molar-refractivity contribution in [1.82, 2.24) is 0 Å². The van der Waals surface area contributed by atoms with Gasteiger partial charge < -0.3 is 5.32 Å². The molecule has 0 spiro atoms. The third-order valence-corrected chi connectivity index (χ3v) is 2.33. The summed E-state index contributed by atoms with van der Waals surface area (Å²) in [6.45, 7) is 0. The Kier molecular flexibility index (Phi) is 2.88. The van der Waals surface area contributed by atoms with Crippen LogP contribution < -0.4 is 5.32 Å². The number of hydrogen-bond acceptors (Lipinski definition) is 3. The van der Waals surface area contributed by atoms with Gasteiger partial charge in [-0.3, -0.25) is 9.59 Å². The molecule has 0 fully saturated rings. The molecular formula is C12H8ClNO2. The van der Waals surface area contributed by atoms with Crippen molar-refractivity contribution in [3.63, 3.8) is 0 Å². The third-order valence-electron chi connectivity index (χ3n) is 2.07. The van der Waals surface area contributed by atoms with Gasteiger partial charge in [0.15, 0.2) is 5.78 Å². The number of benzene rings is 1. The highest BCUT2D eigenvalue weighted by Crippen LogP contribution is 2.16. The quantitative estimate of drug-likeness (QED) is 0.798. The molecule has 16 heavy (non-hydrogen) atoms. The van der Waals surface area contributed by atoms with Gasteiger partial charge in [-0.1, -0.05) is 11.6 Å². The fraction of sp³-hybridized carbons (Fsp3) is 0. The van der Waals surface area contributed by atoms with E-state index in [4.69, 9.17) is 11.6 Å². The van der Waals surface area contributed by atoms with E-state index in [1.54, 1.807) is 24.3 Å². The van der Waals surface area contributed by atoms with Crippen LogP contribution >= 0.6 is 11.6 Å². The summed E-state index contributed by atoms with van der Waals surface area (Å²) < 4.78 is 0. The number of carbonyl (C=O) groups is 2. The maximum Gasteiger partial charge on any atom is 0.202 e. The van der Waals surface area contributed by atoms with Gasteiger partial charge in [0.05, 0.1) is 5.70 Å². The zero-order valence-electron chi connectivity index (χ0n) is 8.24. The highest BCUT2D eigenvalue weighted by atomic mass is 35.5. The van der Waals surface area contributed by atoms with Gasteiger partial charge in [-0.15, -0.1) is 0 Å². The predicted molar refractivity (Wildman–Crippen MR) is 62.3 cm³/mol. The minimum atomic E-state index is -0.213. The third kappa shape index (κ3) is 2.38. The standard InChI is InChI=1S/C12H8ClNO2/c13-8-1-3-9(4-2-8)14-11-7-10(15)5-6-12(11)16/h1-7,14H. The number of allylic oxidation sites excluding steroid dienone is 3. The molecule has 1 N–H and O–H groups in total. The van der Waals surface area contributed by atoms with E-state index in [2.05, 4.69) is 5.32 Å². The van der Waals surface area contributed by atoms with Crippen molar-refractivity contribution in [2.75, 3.05) is 5.32 Å². The largest absolute Gasteiger partial charge is 0.352 e. The zero-order chi connectivity index (χ0) is 11.5. The van der Waals surface area contributed by atoms with Crippen LogP contribution in [0.1, 0.15) is 0 Å². The topological polar surface area (TPSA) is 46.2 Å². The van der Waals surface area contributed by atoms with Crippen LogP contribution in [-0.4, -0.2) is 11.6 Å². The molecule has 2 rings (SSSR count). The maximum absolute atomic E-state index is 11.4. The Morgan fingerprint density at radius 2 is 1.69 bits per heavy atom. The number of anilines is 1. The molecule has 0 saturated carbocycles. The summed E-state index contributed by atoms with van der Waals surface area (Å²) in [7, 11) is 0. The molecule has 1 aliphatic rings. The van der Waals surface area contributed by atoms with Crippen molar-refractivity contribution >= 4 is 28.9 Å². The van der Waals surface area contributed by atoms with Crippen LogP contribution in [0.15, 0.2) is 48.2 Å². The summed E-state index contributed by atoms with van der Waals surface area (Å²) in [6.07, 6.45) is 3.77. The van der Waals surface area contributed by atoms with Crippen molar-refractivity contribution in [3.05, 3.63) is 53.2 Å². The van der Waals surface area contributed by atoms with Crippen molar-refractivity contribution in [3.8, 4) is 0 Å². The summed E-state index contributed by atoms with van der Waals surface area (Å²) in [5.41, 5.74) is 0.988. The van der Waals surface area contributed by atoms with Crippen LogP contribution in [-0.2, 0) is 9.59 Å². The number of ketones is 2. The van der Waals surface area contributed by atoms with Gasteiger partial charge >= 0.3 is 0 Å². The zero-order valence-corrected chi connectivity index (χ0v) is 8.99. The second-order valence-corrected chi connectivity index (χ2v) is 3.73. The van der Waals surface area contributed by atoms with E-state index in [1.165, 1.54) is 18.2 Å². The molecule has 4 heteroatoms. The van der Waals surface area contributed by atoms with Crippen LogP contribution in [0.25, 0.3) is 0 Å². The van der Waals surface area contributed by atoms with E-state index >= 15 is 0 Å². The second-order valence-electron chi connectivity index (χ2n) is 3.29. The summed E-state index contributed by atoms with van der Waals surface area (Å²) in [5, 5.41) is 3.49. The van der Waals surface area contributed by atoms with Gasteiger partial charge in [-0.25, -0.2) is 0 Å². The molecule has 0 aliphatic heterocycles. The molecule has 0 heterocycles. The van der Waals surface area contributed by atoms with Gasteiger partial charge in [0, 0.05) is 16.8 Å². The first-order valence-corrected chi connectivity index (χ1v) is 5.03. The van der Waals surface area contributed by atoms with E-state index in [0.29, 0.717) is 10.7 Å². The van der Waals surface area contributed by atoms with Crippen LogP contribution in [0.5, 0.6) is 0 Å². The van der Waals surface area contributed by atoms with E-state index in [1.807, 2.05) is 0 Å². The average molecular weight is 234 g/mol. The SMILES string of the molecule is O=C1C=CC(=O)C(Nc2ccc(Cl)cc2)=C1. The number of rotatable bonds is 2. The van der Waals surface area contributed by atoms with Gasteiger partial charge in [0.1, 0.15) is 0 Å². The minimum absolute atomic E-state index is 0.198. The molecule has 1 aliphatic carbocycles. The minimum Gasteiger partial charge on any atom is -0.352 e. The van der Waals surface area contributed by atoms with Crippen LogP contribution in [0.4, 0.5) is 5.69 Å². The summed E-state index contributed by atoms with van der Waals surface area (Å²) in [5.74, 6) is -0.411. The molecule has 0 bridgehead atoms. The Hall–Kier alpha value is -1.87. The number of halogens is 1. The Balaban J connectivity index is 2.18. The molecule has 80 valence electrons. The molecule has 0 atom stereocenters. The van der Waals surface area contributed by atoms with Gasteiger partial charge in [0.25, 0.3) is 0 Å². The molecule has 0 saturated heterocycles. The molecular weight excluding hydrogens is 226 g/mol. The first-order chi connectivity index (χ1) is 7.65. The fourth-order valence-corrected chi connectivity index (χ4v) is 1.42. The van der Waals surface area contributed by atoms with Crippen molar-refractivity contribution in [2.45, 2.75) is 0 Å². The molecule has 1 aromatic rings. The van der Waals surface area contributed by atoms with Crippen molar-refractivity contribution < 1.29 is 9.59 Å². The van der Waals surface area contributed by atoms with E-state index in [0.717, 1.165) is 0 Å². The molecule has 0 radical (unpaired) electrons. The van der Waals surface area contributed by atoms with Crippen molar-refractivity contribution in [2.24, 2.45) is 0 Å². The van der Waals surface area contributed by atoms with Gasteiger partial charge in [-0.2, -0.15) is 0 Å². The molecule has 0 aromatic heterocycles. The van der Waals surface area contributed by atoms with Crippen molar-refractivity contribution in [1.29, 1.82) is 0 Å². The van der Waals surface area contributed by atoms with E-state index in [9.17, 15) is 9.59 Å². The number of carbonyl (C=O) groups excluding carboxylic acids is 2. The normalized spacial score (nSPS) is 14.9. The lowest BCUT2D eigenvalue weighted by Gasteiger charge is -2.09. The fourth-order valence-electron chi connectivity index (χ4n) is 1.30. The molecule has 3 nitrogen and oxygen atoms in total. The van der Waals surface area contributed by atoms with Gasteiger partial charge in [-0.05, 0) is 36.4 Å². The molecule has 1 aromatic carbocycles. The smallest absolute Gasteiger partial charge is 0.202 e. The average Bonchev–Trinajstić information content (AvgIpc) is 2.27. The van der Waals surface area contributed by atoms with Crippen LogP contribution in [0.3, 0.4) is 0 Å². The van der Waals surface area contributed by atoms with E-state index < -0.39 is 0 Å². The molecule has 0 amide bonds. The highest BCUT2D eigenvalue weighted by molar-refractivity contribution is 6.30. The van der Waals surface area contributed by atoms with E-state index in [-0.39, 0.29) is 17.3 Å². The Morgan fingerprint density at radius 3 is 2.38 bits per heavy atom. The monoisotopic (exact) mass is 233 g/mol. The first kappa shape index (κ1) is 10.6. The Morgan fingerprint density at radius 1 is 1.00 bits per heavy atom. The number of nitrogens with one attached hydrogen (secondary N) is 1. The Labute approximate surface area is 97.4 Å². The van der Waals surface area contributed by atoms with Crippen LogP contribution in [0.2, 0.25) is 5.02 Å². The highest BCUT2D eigenvalue weighted by Gasteiger charge is 2.12. The first-order valence-electron chi connectivity index (χ1n) is 4.66. The maximum atomic E-state index is 11.4. The summed E-state index contributed by atoms with van der Waals surface area (Å²) in [4.78, 5) is 22.5.